The van der Waals surface area contributed by atoms with Crippen molar-refractivity contribution in [1.82, 2.24) is 0 Å². The van der Waals surface area contributed by atoms with E-state index in [1.165, 1.54) is 6.92 Å². The molecule has 0 saturated carbocycles. The third-order valence-electron chi connectivity index (χ3n) is 2.38. The monoisotopic (exact) mass is 242 g/mol. The standard InChI is InChI=1S/C12H18O5/c1-5-6-9-11(17-12(3,4)16-9)10(7-13)15-8(2)14/h5,7,9-11H,1,6H2,2-4H3/t9-,10+,11+/m0/s1. The molecular formula is C12H18O5. The molecule has 0 radical (unpaired) electrons. The first-order valence-corrected chi connectivity index (χ1v) is 5.48. The molecule has 0 aromatic carbocycles. The molecule has 1 fully saturated rings. The fraction of sp³-hybridized carbons (Fsp3) is 0.667. The van der Waals surface area contributed by atoms with E-state index in [-0.39, 0.29) is 6.10 Å². The summed E-state index contributed by atoms with van der Waals surface area (Å²) in [6, 6.07) is 0. The van der Waals surface area contributed by atoms with Crippen LogP contribution in [0.2, 0.25) is 0 Å². The van der Waals surface area contributed by atoms with E-state index < -0.39 is 24.0 Å². The topological polar surface area (TPSA) is 61.8 Å². The Morgan fingerprint density at radius 1 is 1.53 bits per heavy atom. The van der Waals surface area contributed by atoms with Crippen LogP contribution in [0.15, 0.2) is 12.7 Å². The van der Waals surface area contributed by atoms with Crippen molar-refractivity contribution in [3.05, 3.63) is 12.7 Å². The SMILES string of the molecule is C=CC[C@@H]1OC(C)(C)O[C@H]1[C@@H](C=O)OC(C)=O. The molecule has 1 saturated heterocycles. The lowest BCUT2D eigenvalue weighted by Gasteiger charge is -2.21. The molecule has 0 bridgehead atoms. The Hall–Kier alpha value is -1.20. The van der Waals surface area contributed by atoms with Crippen molar-refractivity contribution >= 4 is 12.3 Å². The zero-order valence-corrected chi connectivity index (χ0v) is 10.3. The number of ether oxygens (including phenoxy) is 3. The smallest absolute Gasteiger partial charge is 0.303 e. The zero-order chi connectivity index (χ0) is 13.1. The fourth-order valence-electron chi connectivity index (χ4n) is 1.85. The van der Waals surface area contributed by atoms with Gasteiger partial charge in [-0.2, -0.15) is 0 Å². The number of hydrogen-bond donors (Lipinski definition) is 0. The highest BCUT2D eigenvalue weighted by atomic mass is 16.8. The van der Waals surface area contributed by atoms with Crippen LogP contribution >= 0.6 is 0 Å². The number of aldehydes is 1. The second-order valence-electron chi connectivity index (χ2n) is 4.37. The van der Waals surface area contributed by atoms with E-state index in [0.717, 1.165) is 0 Å². The van der Waals surface area contributed by atoms with Crippen LogP contribution in [0.1, 0.15) is 27.2 Å². The largest absolute Gasteiger partial charge is 0.452 e. The third kappa shape index (κ3) is 3.64. The van der Waals surface area contributed by atoms with Crippen molar-refractivity contribution in [3.63, 3.8) is 0 Å². The fourth-order valence-corrected chi connectivity index (χ4v) is 1.85. The van der Waals surface area contributed by atoms with Crippen molar-refractivity contribution in [2.75, 3.05) is 0 Å². The molecule has 0 spiro atoms. The minimum absolute atomic E-state index is 0.336. The second-order valence-corrected chi connectivity index (χ2v) is 4.37. The van der Waals surface area contributed by atoms with Crippen LogP contribution < -0.4 is 0 Å². The first kappa shape index (κ1) is 13.9. The summed E-state index contributed by atoms with van der Waals surface area (Å²) in [5.41, 5.74) is 0. The summed E-state index contributed by atoms with van der Waals surface area (Å²) < 4.78 is 16.1. The maximum Gasteiger partial charge on any atom is 0.303 e. The normalized spacial score (nSPS) is 28.4. The van der Waals surface area contributed by atoms with Crippen LogP contribution in [-0.4, -0.2) is 36.4 Å². The summed E-state index contributed by atoms with van der Waals surface area (Å²) in [5.74, 6) is -1.31. The molecule has 0 aliphatic carbocycles. The molecule has 0 N–H and O–H groups in total. The number of esters is 1. The Kier molecular flexibility index (Phi) is 4.42. The molecule has 5 nitrogen and oxygen atoms in total. The van der Waals surface area contributed by atoms with Gasteiger partial charge in [-0.25, -0.2) is 0 Å². The molecule has 17 heavy (non-hydrogen) atoms. The Bertz CT molecular complexity index is 310. The van der Waals surface area contributed by atoms with E-state index in [2.05, 4.69) is 6.58 Å². The summed E-state index contributed by atoms with van der Waals surface area (Å²) in [6.45, 7) is 8.37. The molecule has 0 aromatic heterocycles. The molecule has 1 aliphatic rings. The number of carbonyl (C=O) groups is 2. The van der Waals surface area contributed by atoms with Crippen LogP contribution in [0.3, 0.4) is 0 Å². The van der Waals surface area contributed by atoms with Gasteiger partial charge in [-0.15, -0.1) is 6.58 Å². The predicted octanol–water partition coefficient (Wildman–Crippen LogP) is 1.21. The van der Waals surface area contributed by atoms with Gasteiger partial charge in [-0.1, -0.05) is 6.08 Å². The number of carbonyl (C=O) groups excluding carboxylic acids is 2. The molecule has 0 unspecified atom stereocenters. The maximum atomic E-state index is 10.9. The highest BCUT2D eigenvalue weighted by molar-refractivity contribution is 5.70. The van der Waals surface area contributed by atoms with Crippen molar-refractivity contribution < 1.29 is 23.8 Å². The lowest BCUT2D eigenvalue weighted by Crippen LogP contribution is -2.39. The predicted molar refractivity (Wildman–Crippen MR) is 60.3 cm³/mol. The third-order valence-corrected chi connectivity index (χ3v) is 2.38. The van der Waals surface area contributed by atoms with E-state index in [4.69, 9.17) is 14.2 Å². The summed E-state index contributed by atoms with van der Waals surface area (Å²) in [4.78, 5) is 21.8. The van der Waals surface area contributed by atoms with Gasteiger partial charge in [0.25, 0.3) is 0 Å². The molecular weight excluding hydrogens is 224 g/mol. The van der Waals surface area contributed by atoms with Gasteiger partial charge in [0.15, 0.2) is 18.2 Å². The van der Waals surface area contributed by atoms with Crippen LogP contribution in [-0.2, 0) is 23.8 Å². The molecule has 1 aliphatic heterocycles. The average Bonchev–Trinajstić information content (AvgIpc) is 2.50. The molecule has 1 heterocycles. The van der Waals surface area contributed by atoms with Crippen molar-refractivity contribution in [2.45, 2.75) is 51.3 Å². The van der Waals surface area contributed by atoms with Crippen LogP contribution in [0, 0.1) is 0 Å². The lowest BCUT2D eigenvalue weighted by molar-refractivity contribution is -0.170. The van der Waals surface area contributed by atoms with E-state index in [1.807, 2.05) is 0 Å². The van der Waals surface area contributed by atoms with E-state index in [0.29, 0.717) is 12.7 Å². The van der Waals surface area contributed by atoms with Gasteiger partial charge in [0.2, 0.25) is 0 Å². The molecule has 96 valence electrons. The molecule has 0 amide bonds. The molecule has 3 atom stereocenters. The Labute approximate surface area is 101 Å². The summed E-state index contributed by atoms with van der Waals surface area (Å²) in [6.07, 6.45) is 0.894. The summed E-state index contributed by atoms with van der Waals surface area (Å²) in [5, 5.41) is 0. The summed E-state index contributed by atoms with van der Waals surface area (Å²) in [7, 11) is 0. The van der Waals surface area contributed by atoms with Crippen LogP contribution in [0.25, 0.3) is 0 Å². The second kappa shape index (κ2) is 5.42. The molecule has 5 heteroatoms. The highest BCUT2D eigenvalue weighted by Crippen LogP contribution is 2.32. The first-order valence-electron chi connectivity index (χ1n) is 5.48. The lowest BCUT2D eigenvalue weighted by atomic mass is 10.1. The summed E-state index contributed by atoms with van der Waals surface area (Å²) >= 11 is 0. The van der Waals surface area contributed by atoms with Crippen molar-refractivity contribution in [2.24, 2.45) is 0 Å². The van der Waals surface area contributed by atoms with Gasteiger partial charge in [0.1, 0.15) is 6.10 Å². The Balaban J connectivity index is 2.80. The van der Waals surface area contributed by atoms with Gasteiger partial charge in [-0.3, -0.25) is 9.59 Å². The first-order chi connectivity index (χ1) is 7.89. The Morgan fingerprint density at radius 3 is 2.65 bits per heavy atom. The highest BCUT2D eigenvalue weighted by Gasteiger charge is 2.45. The Morgan fingerprint density at radius 2 is 2.18 bits per heavy atom. The minimum atomic E-state index is -0.945. The molecule has 1 rings (SSSR count). The molecule has 0 aromatic rings. The van der Waals surface area contributed by atoms with E-state index in [9.17, 15) is 9.59 Å². The van der Waals surface area contributed by atoms with Crippen LogP contribution in [0.4, 0.5) is 0 Å². The maximum absolute atomic E-state index is 10.9. The van der Waals surface area contributed by atoms with Gasteiger partial charge in [0.05, 0.1) is 6.10 Å². The van der Waals surface area contributed by atoms with E-state index in [1.54, 1.807) is 19.9 Å². The van der Waals surface area contributed by atoms with E-state index >= 15 is 0 Å². The van der Waals surface area contributed by atoms with Gasteiger partial charge in [-0.05, 0) is 20.3 Å². The van der Waals surface area contributed by atoms with Crippen molar-refractivity contribution in [3.8, 4) is 0 Å². The minimum Gasteiger partial charge on any atom is -0.452 e. The van der Waals surface area contributed by atoms with Crippen molar-refractivity contribution in [1.29, 1.82) is 0 Å². The van der Waals surface area contributed by atoms with Gasteiger partial charge >= 0.3 is 5.97 Å². The van der Waals surface area contributed by atoms with Gasteiger partial charge in [0, 0.05) is 6.92 Å². The zero-order valence-electron chi connectivity index (χ0n) is 10.3. The number of rotatable bonds is 5. The quantitative estimate of drug-likeness (QED) is 0.412. The average molecular weight is 242 g/mol. The van der Waals surface area contributed by atoms with Gasteiger partial charge < -0.3 is 14.2 Å². The van der Waals surface area contributed by atoms with Crippen LogP contribution in [0.5, 0.6) is 0 Å². The number of hydrogen-bond acceptors (Lipinski definition) is 5.